The zero-order chi connectivity index (χ0) is 14.0. The van der Waals surface area contributed by atoms with Gasteiger partial charge in [0.25, 0.3) is 5.91 Å². The van der Waals surface area contributed by atoms with E-state index in [2.05, 4.69) is 5.10 Å². The summed E-state index contributed by atoms with van der Waals surface area (Å²) in [7, 11) is 1.58. The van der Waals surface area contributed by atoms with Crippen LogP contribution in [0.1, 0.15) is 12.1 Å². The number of primary amides is 1. The number of likely N-dealkylation sites (N-methyl/N-ethyl adjacent to an activating group) is 1. The van der Waals surface area contributed by atoms with E-state index in [9.17, 15) is 9.59 Å². The number of carbonyl (C=O) groups excluding carboxylic acids is 2. The van der Waals surface area contributed by atoms with Gasteiger partial charge in [0.05, 0.1) is 5.69 Å². The monoisotopic (exact) mass is 268 g/mol. The number of fused-ring (bicyclic) bond motifs is 1. The number of aliphatic hydroxyl groups excluding tert-OH is 1. The number of aryl methyl sites for hydroxylation is 1. The first kappa shape index (κ1) is 13.3. The summed E-state index contributed by atoms with van der Waals surface area (Å²) in [4.78, 5) is 24.3. The second-order valence-corrected chi connectivity index (χ2v) is 4.30. The second-order valence-electron chi connectivity index (χ2n) is 4.30. The SMILES string of the molecule is CN1C(=O)C(OC(N)=O)CCn2nc(CCO)cc21. The van der Waals surface area contributed by atoms with Gasteiger partial charge in [-0.15, -0.1) is 0 Å². The van der Waals surface area contributed by atoms with Crippen LogP contribution in [-0.4, -0.2) is 46.6 Å². The lowest BCUT2D eigenvalue weighted by molar-refractivity contribution is -0.126. The highest BCUT2D eigenvalue weighted by molar-refractivity contribution is 5.96. The standard InChI is InChI=1S/C11H16N4O4/c1-14-9-6-7(3-5-16)13-15(9)4-2-8(10(14)17)19-11(12)18/h6,8,16H,2-5H2,1H3,(H2,12,18). The predicted molar refractivity (Wildman–Crippen MR) is 65.5 cm³/mol. The van der Waals surface area contributed by atoms with Crippen molar-refractivity contribution >= 4 is 17.8 Å². The molecule has 0 spiro atoms. The number of amides is 2. The molecular weight excluding hydrogens is 252 g/mol. The molecule has 2 amide bonds. The highest BCUT2D eigenvalue weighted by atomic mass is 16.6. The molecule has 8 heteroatoms. The number of ether oxygens (including phenoxy) is 1. The normalized spacial score (nSPS) is 18.9. The summed E-state index contributed by atoms with van der Waals surface area (Å²) in [6.45, 7) is 0.441. The molecule has 0 radical (unpaired) electrons. The lowest BCUT2D eigenvalue weighted by atomic mass is 10.2. The Morgan fingerprint density at radius 1 is 1.68 bits per heavy atom. The third kappa shape index (κ3) is 2.68. The van der Waals surface area contributed by atoms with Crippen LogP contribution in [0.2, 0.25) is 0 Å². The predicted octanol–water partition coefficient (Wildman–Crippen LogP) is -0.752. The molecule has 2 heterocycles. The molecule has 0 aliphatic carbocycles. The van der Waals surface area contributed by atoms with Crippen LogP contribution < -0.4 is 10.6 Å². The minimum atomic E-state index is -0.966. The first-order chi connectivity index (χ1) is 9.02. The Balaban J connectivity index is 2.23. The Morgan fingerprint density at radius 3 is 3.05 bits per heavy atom. The Kier molecular flexibility index (Phi) is 3.70. The first-order valence-electron chi connectivity index (χ1n) is 5.94. The van der Waals surface area contributed by atoms with Gasteiger partial charge in [-0.3, -0.25) is 9.69 Å². The van der Waals surface area contributed by atoms with E-state index in [1.54, 1.807) is 17.8 Å². The number of anilines is 1. The second kappa shape index (κ2) is 5.27. The van der Waals surface area contributed by atoms with E-state index >= 15 is 0 Å². The molecule has 1 aliphatic heterocycles. The molecule has 8 nitrogen and oxygen atoms in total. The van der Waals surface area contributed by atoms with Crippen molar-refractivity contribution in [3.63, 3.8) is 0 Å². The van der Waals surface area contributed by atoms with Crippen molar-refractivity contribution in [3.05, 3.63) is 11.8 Å². The summed E-state index contributed by atoms with van der Waals surface area (Å²) >= 11 is 0. The minimum Gasteiger partial charge on any atom is -0.436 e. The maximum absolute atomic E-state index is 12.1. The highest BCUT2D eigenvalue weighted by Crippen LogP contribution is 2.22. The van der Waals surface area contributed by atoms with Crippen molar-refractivity contribution in [1.29, 1.82) is 0 Å². The number of nitrogens with zero attached hydrogens (tertiary/aromatic N) is 3. The molecule has 0 fully saturated rings. The van der Waals surface area contributed by atoms with Gasteiger partial charge in [-0.05, 0) is 0 Å². The Bertz CT molecular complexity index is 499. The van der Waals surface area contributed by atoms with E-state index in [0.29, 0.717) is 30.9 Å². The molecule has 0 bridgehead atoms. The molecule has 2 rings (SSSR count). The summed E-state index contributed by atoms with van der Waals surface area (Å²) in [6, 6.07) is 1.74. The van der Waals surface area contributed by atoms with Gasteiger partial charge in [0.15, 0.2) is 6.10 Å². The first-order valence-corrected chi connectivity index (χ1v) is 5.94. The number of rotatable bonds is 3. The van der Waals surface area contributed by atoms with Crippen molar-refractivity contribution in [2.45, 2.75) is 25.5 Å². The summed E-state index contributed by atoms with van der Waals surface area (Å²) in [6.07, 6.45) is -1.10. The number of aliphatic hydroxyl groups is 1. The van der Waals surface area contributed by atoms with Crippen LogP contribution >= 0.6 is 0 Å². The fourth-order valence-electron chi connectivity index (χ4n) is 2.07. The number of carbonyl (C=O) groups is 2. The molecule has 19 heavy (non-hydrogen) atoms. The molecule has 104 valence electrons. The average molecular weight is 268 g/mol. The van der Waals surface area contributed by atoms with Crippen molar-refractivity contribution in [1.82, 2.24) is 9.78 Å². The topological polar surface area (TPSA) is 111 Å². The Morgan fingerprint density at radius 2 is 2.42 bits per heavy atom. The molecular formula is C11H16N4O4. The summed E-state index contributed by atoms with van der Waals surface area (Å²) < 4.78 is 6.46. The third-order valence-electron chi connectivity index (χ3n) is 2.99. The van der Waals surface area contributed by atoms with Crippen molar-refractivity contribution in [2.75, 3.05) is 18.6 Å². The van der Waals surface area contributed by atoms with Gasteiger partial charge < -0.3 is 15.6 Å². The molecule has 1 aromatic heterocycles. The van der Waals surface area contributed by atoms with Crippen LogP contribution in [0.4, 0.5) is 10.6 Å². The minimum absolute atomic E-state index is 0.00151. The van der Waals surface area contributed by atoms with Crippen LogP contribution in [-0.2, 0) is 22.5 Å². The Hall–Kier alpha value is -2.09. The van der Waals surface area contributed by atoms with E-state index in [0.717, 1.165) is 0 Å². The fourth-order valence-corrected chi connectivity index (χ4v) is 2.07. The average Bonchev–Trinajstić information content (AvgIpc) is 2.71. The Labute approximate surface area is 109 Å². The van der Waals surface area contributed by atoms with E-state index in [1.165, 1.54) is 4.90 Å². The van der Waals surface area contributed by atoms with Crippen LogP contribution in [0.5, 0.6) is 0 Å². The fraction of sp³-hybridized carbons (Fsp3) is 0.545. The van der Waals surface area contributed by atoms with Gasteiger partial charge in [0.1, 0.15) is 5.82 Å². The maximum Gasteiger partial charge on any atom is 0.405 e. The molecule has 0 saturated heterocycles. The van der Waals surface area contributed by atoms with Crippen LogP contribution in [0.25, 0.3) is 0 Å². The zero-order valence-corrected chi connectivity index (χ0v) is 10.6. The van der Waals surface area contributed by atoms with E-state index in [1.807, 2.05) is 0 Å². The highest BCUT2D eigenvalue weighted by Gasteiger charge is 2.31. The summed E-state index contributed by atoms with van der Waals surface area (Å²) in [5, 5.41) is 13.2. The molecule has 0 aromatic carbocycles. The quantitative estimate of drug-likeness (QED) is 0.749. The molecule has 1 unspecified atom stereocenters. The molecule has 1 atom stereocenters. The van der Waals surface area contributed by atoms with Crippen molar-refractivity contribution in [2.24, 2.45) is 5.73 Å². The van der Waals surface area contributed by atoms with Gasteiger partial charge in [-0.25, -0.2) is 9.48 Å². The van der Waals surface area contributed by atoms with Crippen molar-refractivity contribution in [3.8, 4) is 0 Å². The molecule has 1 aromatic rings. The molecule has 1 aliphatic rings. The van der Waals surface area contributed by atoms with E-state index in [4.69, 9.17) is 15.6 Å². The van der Waals surface area contributed by atoms with Crippen LogP contribution in [0, 0.1) is 0 Å². The lowest BCUT2D eigenvalue weighted by Gasteiger charge is -2.18. The van der Waals surface area contributed by atoms with Gasteiger partial charge in [0.2, 0.25) is 0 Å². The maximum atomic E-state index is 12.1. The summed E-state index contributed by atoms with van der Waals surface area (Å²) in [5.41, 5.74) is 5.66. The largest absolute Gasteiger partial charge is 0.436 e. The van der Waals surface area contributed by atoms with Gasteiger partial charge in [-0.1, -0.05) is 0 Å². The van der Waals surface area contributed by atoms with Crippen LogP contribution in [0.15, 0.2) is 6.07 Å². The lowest BCUT2D eigenvalue weighted by Crippen LogP contribution is -2.39. The van der Waals surface area contributed by atoms with Crippen LogP contribution in [0.3, 0.4) is 0 Å². The van der Waals surface area contributed by atoms with E-state index < -0.39 is 12.2 Å². The number of hydrogen-bond donors (Lipinski definition) is 2. The smallest absolute Gasteiger partial charge is 0.405 e. The van der Waals surface area contributed by atoms with Crippen molar-refractivity contribution < 1.29 is 19.4 Å². The summed E-state index contributed by atoms with van der Waals surface area (Å²) in [5.74, 6) is 0.275. The molecule has 0 saturated carbocycles. The van der Waals surface area contributed by atoms with Gasteiger partial charge in [-0.2, -0.15) is 5.10 Å². The number of hydrogen-bond acceptors (Lipinski definition) is 5. The third-order valence-corrected chi connectivity index (χ3v) is 2.99. The van der Waals surface area contributed by atoms with Gasteiger partial charge >= 0.3 is 6.09 Å². The number of nitrogens with two attached hydrogens (primary N) is 1. The zero-order valence-electron chi connectivity index (χ0n) is 10.6. The molecule has 3 N–H and O–H groups in total. The van der Waals surface area contributed by atoms with Gasteiger partial charge in [0, 0.05) is 39.1 Å². The van der Waals surface area contributed by atoms with E-state index in [-0.39, 0.29) is 12.5 Å². The number of aromatic nitrogens is 2.